The number of thioether (sulfide) groups is 1. The Hall–Kier alpha value is -6.04. The number of hydrogen-bond acceptors (Lipinski definition) is 9. The molecule has 0 aliphatic carbocycles. The van der Waals surface area contributed by atoms with Crippen molar-refractivity contribution >= 4 is 75.1 Å². The van der Waals surface area contributed by atoms with Gasteiger partial charge in [0.1, 0.15) is 35.8 Å². The Morgan fingerprint density at radius 3 is 1.90 bits per heavy atom. The summed E-state index contributed by atoms with van der Waals surface area (Å²) < 4.78 is 5.55. The van der Waals surface area contributed by atoms with Crippen molar-refractivity contribution in [2.24, 2.45) is 11.7 Å². The molecule has 18 heteroatoms. The van der Waals surface area contributed by atoms with Crippen molar-refractivity contribution in [1.82, 2.24) is 41.5 Å². The zero-order valence-electron chi connectivity index (χ0n) is 36.8. The summed E-state index contributed by atoms with van der Waals surface area (Å²) in [5.74, 6) is -3.30. The second-order valence-corrected chi connectivity index (χ2v) is 18.3. The van der Waals surface area contributed by atoms with Crippen molar-refractivity contribution in [1.29, 1.82) is 0 Å². The molecule has 1 aliphatic heterocycles. The number of hydrogen-bond donors (Lipinski definition) is 8. The van der Waals surface area contributed by atoms with Crippen LogP contribution in [0.5, 0.6) is 0 Å². The Morgan fingerprint density at radius 1 is 0.794 bits per heavy atom. The van der Waals surface area contributed by atoms with Gasteiger partial charge in [0.05, 0.1) is 6.54 Å². The number of nitrogens with two attached hydrogens (primary N) is 1. The zero-order chi connectivity index (χ0) is 45.8. The second-order valence-electron chi connectivity index (χ2n) is 17.3. The quantitative estimate of drug-likeness (QED) is 0.0649. The molecule has 9 N–H and O–H groups in total. The lowest BCUT2D eigenvalue weighted by molar-refractivity contribution is -0.134. The molecule has 0 bridgehead atoms. The maximum Gasteiger partial charge on any atom is 0.410 e. The van der Waals surface area contributed by atoms with Crippen LogP contribution in [-0.2, 0) is 46.3 Å². The predicted molar refractivity (Wildman–Crippen MR) is 242 cm³/mol. The van der Waals surface area contributed by atoms with Gasteiger partial charge >= 0.3 is 6.09 Å². The van der Waals surface area contributed by atoms with E-state index >= 15 is 0 Å². The van der Waals surface area contributed by atoms with Crippen LogP contribution in [0.25, 0.3) is 21.8 Å². The number of fused-ring (bicyclic) bond motifs is 2. The van der Waals surface area contributed by atoms with Gasteiger partial charge in [0.25, 0.3) is 0 Å². The molecule has 5 rings (SSSR count). The molecule has 2 aromatic carbocycles. The monoisotopic (exact) mass is 887 g/mol. The number of ether oxygens (including phenoxy) is 1. The van der Waals surface area contributed by atoms with Crippen LogP contribution in [0.1, 0.15) is 71.4 Å². The van der Waals surface area contributed by atoms with Crippen LogP contribution >= 0.6 is 11.8 Å². The highest BCUT2D eigenvalue weighted by atomic mass is 32.2. The van der Waals surface area contributed by atoms with E-state index in [0.717, 1.165) is 32.9 Å². The number of likely N-dealkylation sites (tertiary alicyclic amines) is 1. The van der Waals surface area contributed by atoms with Crippen LogP contribution in [0.4, 0.5) is 4.79 Å². The molecule has 1 saturated heterocycles. The minimum Gasteiger partial charge on any atom is -0.444 e. The van der Waals surface area contributed by atoms with Gasteiger partial charge in [0.2, 0.25) is 35.4 Å². The number of H-pyrrole nitrogens is 2. The summed E-state index contributed by atoms with van der Waals surface area (Å²) in [6.07, 6.45) is 6.31. The van der Waals surface area contributed by atoms with E-state index in [1.54, 1.807) is 33.2 Å². The molecule has 7 amide bonds. The van der Waals surface area contributed by atoms with Crippen LogP contribution < -0.4 is 32.3 Å². The Bertz CT molecular complexity index is 2270. The predicted octanol–water partition coefficient (Wildman–Crippen LogP) is 3.17. The van der Waals surface area contributed by atoms with Crippen LogP contribution in [0.3, 0.4) is 0 Å². The Morgan fingerprint density at radius 2 is 1.35 bits per heavy atom. The lowest BCUT2D eigenvalue weighted by Gasteiger charge is -2.29. The van der Waals surface area contributed by atoms with Crippen molar-refractivity contribution < 1.29 is 38.3 Å². The molecular weight excluding hydrogens is 827 g/mol. The number of nitrogens with zero attached hydrogens (tertiary/aromatic N) is 1. The third-order valence-electron chi connectivity index (χ3n) is 10.7. The van der Waals surface area contributed by atoms with E-state index in [-0.39, 0.29) is 25.2 Å². The number of benzene rings is 2. The Kier molecular flexibility index (Phi) is 16.6. The van der Waals surface area contributed by atoms with E-state index in [1.807, 2.05) is 68.6 Å². The Labute approximate surface area is 371 Å². The van der Waals surface area contributed by atoms with Crippen molar-refractivity contribution in [3.63, 3.8) is 0 Å². The molecule has 0 unspecified atom stereocenters. The first kappa shape index (κ1) is 48.0. The fraction of sp³-hybridized carbons (Fsp3) is 0.489. The SMILES string of the molecule is CSCC[C@H](NC(=O)[C@H](CC(C)C)NC(=O)[C@@H](Cc1c[nH]c2ccccc12)NC(=O)CNC(=O)[C@@H](Cc1c[nH]c2ccccc12)NC(=O)[C@@H]1CCCN1C(=O)OC(C)(C)C)C(N)=O. The highest BCUT2D eigenvalue weighted by Gasteiger charge is 2.38. The van der Waals surface area contributed by atoms with E-state index in [9.17, 15) is 33.6 Å². The molecule has 5 atom stereocenters. The summed E-state index contributed by atoms with van der Waals surface area (Å²) in [4.78, 5) is 102. The zero-order valence-corrected chi connectivity index (χ0v) is 37.6. The molecule has 1 fully saturated rings. The van der Waals surface area contributed by atoms with Crippen LogP contribution in [-0.4, -0.2) is 117 Å². The van der Waals surface area contributed by atoms with E-state index in [0.29, 0.717) is 31.6 Å². The van der Waals surface area contributed by atoms with Gasteiger partial charge in [-0.05, 0) is 87.6 Å². The highest BCUT2D eigenvalue weighted by molar-refractivity contribution is 7.98. The first-order valence-corrected chi connectivity index (χ1v) is 22.7. The first-order valence-electron chi connectivity index (χ1n) is 21.3. The van der Waals surface area contributed by atoms with Crippen molar-refractivity contribution in [2.45, 2.75) is 109 Å². The van der Waals surface area contributed by atoms with Crippen molar-refractivity contribution in [2.75, 3.05) is 25.1 Å². The van der Waals surface area contributed by atoms with Crippen LogP contribution in [0.2, 0.25) is 0 Å². The number of primary amides is 1. The Balaban J connectivity index is 1.34. The number of para-hydroxylation sites is 2. The molecule has 0 saturated carbocycles. The topological polar surface area (TPSA) is 250 Å². The van der Waals surface area contributed by atoms with Gasteiger partial charge in [-0.1, -0.05) is 50.2 Å². The molecule has 340 valence electrons. The maximum absolute atomic E-state index is 14.2. The fourth-order valence-electron chi connectivity index (χ4n) is 7.61. The largest absolute Gasteiger partial charge is 0.444 e. The van der Waals surface area contributed by atoms with Gasteiger partial charge in [0, 0.05) is 53.6 Å². The molecule has 63 heavy (non-hydrogen) atoms. The van der Waals surface area contributed by atoms with E-state index in [1.165, 1.54) is 16.7 Å². The molecule has 2 aromatic heterocycles. The minimum atomic E-state index is -1.21. The highest BCUT2D eigenvalue weighted by Crippen LogP contribution is 2.23. The van der Waals surface area contributed by atoms with Crippen LogP contribution in [0, 0.1) is 5.92 Å². The third kappa shape index (κ3) is 13.5. The summed E-state index contributed by atoms with van der Waals surface area (Å²) >= 11 is 1.50. The summed E-state index contributed by atoms with van der Waals surface area (Å²) in [5, 5.41) is 15.4. The normalized spacial score (nSPS) is 15.9. The fourth-order valence-corrected chi connectivity index (χ4v) is 8.08. The molecule has 4 aromatic rings. The van der Waals surface area contributed by atoms with Crippen molar-refractivity contribution in [3.8, 4) is 0 Å². The lowest BCUT2D eigenvalue weighted by atomic mass is 10.00. The third-order valence-corrected chi connectivity index (χ3v) is 11.3. The number of rotatable bonds is 20. The minimum absolute atomic E-state index is 0.0258. The molecular formula is C45H61N9O8S. The summed E-state index contributed by atoms with van der Waals surface area (Å²) in [5.41, 5.74) is 7.93. The average molecular weight is 888 g/mol. The van der Waals surface area contributed by atoms with Gasteiger partial charge in [0.15, 0.2) is 0 Å². The number of carbonyl (C=O) groups is 7. The van der Waals surface area contributed by atoms with Crippen molar-refractivity contribution in [3.05, 3.63) is 72.1 Å². The molecule has 0 spiro atoms. The standard InChI is InChI=1S/C45H61N9O8S/c1-26(2)20-34(41(58)51-33(39(46)56)17-19-63-6)52-42(59)36(22-28-24-48-32-15-10-8-13-30(28)32)50-38(55)25-49-40(57)35(21-27-23-47-31-14-9-7-12-29(27)31)53-43(60)37-16-11-18-54(37)44(61)62-45(3,4)5/h7-10,12-15,23-24,26,33-37,47-48H,11,16-22,25H2,1-6H3,(H2,46,56)(H,49,57)(H,50,55)(H,51,58)(H,52,59)(H,53,60)/t33-,34-,35+,36+,37-/m0/s1. The first-order chi connectivity index (χ1) is 29.9. The molecule has 0 radical (unpaired) electrons. The number of aromatic nitrogens is 2. The van der Waals surface area contributed by atoms with E-state index < -0.39 is 83.9 Å². The van der Waals surface area contributed by atoms with Gasteiger partial charge in [-0.2, -0.15) is 11.8 Å². The second kappa shape index (κ2) is 21.8. The molecule has 17 nitrogen and oxygen atoms in total. The number of aromatic amines is 2. The molecule has 3 heterocycles. The van der Waals surface area contributed by atoms with E-state index in [4.69, 9.17) is 10.5 Å². The number of nitrogens with one attached hydrogen (secondary N) is 7. The lowest BCUT2D eigenvalue weighted by Crippen LogP contribution is -2.58. The van der Waals surface area contributed by atoms with Crippen LogP contribution in [0.15, 0.2) is 60.9 Å². The molecule has 1 aliphatic rings. The maximum atomic E-state index is 14.2. The van der Waals surface area contributed by atoms with Gasteiger partial charge in [-0.3, -0.25) is 33.7 Å². The van der Waals surface area contributed by atoms with Gasteiger partial charge < -0.3 is 47.0 Å². The smallest absolute Gasteiger partial charge is 0.410 e. The van der Waals surface area contributed by atoms with Gasteiger partial charge in [-0.25, -0.2) is 4.79 Å². The van der Waals surface area contributed by atoms with Gasteiger partial charge in [-0.15, -0.1) is 0 Å². The van der Waals surface area contributed by atoms with E-state index in [2.05, 4.69) is 36.6 Å². The average Bonchev–Trinajstić information content (AvgIpc) is 3.99. The number of carbonyl (C=O) groups excluding carboxylic acids is 7. The number of amides is 7. The summed E-state index contributed by atoms with van der Waals surface area (Å²) in [6.45, 7) is 8.75. The summed E-state index contributed by atoms with van der Waals surface area (Å²) in [7, 11) is 0. The summed E-state index contributed by atoms with van der Waals surface area (Å²) in [6, 6.07) is 9.76.